The quantitative estimate of drug-likeness (QED) is 0.842. The maximum Gasteiger partial charge on any atom is 0.433 e. The predicted octanol–water partition coefficient (Wildman–Crippen LogP) is 2.91. The van der Waals surface area contributed by atoms with E-state index in [0.717, 1.165) is 6.07 Å². The third-order valence-corrected chi connectivity index (χ3v) is 3.23. The molecule has 0 bridgehead atoms. The first-order chi connectivity index (χ1) is 8.38. The van der Waals surface area contributed by atoms with Crippen LogP contribution in [0.1, 0.15) is 42.9 Å². The Morgan fingerprint density at radius 2 is 1.83 bits per heavy atom. The predicted molar refractivity (Wildman–Crippen MR) is 59.9 cm³/mol. The molecule has 98 valence electrons. The van der Waals surface area contributed by atoms with Gasteiger partial charge in [-0.3, -0.25) is 4.79 Å². The van der Waals surface area contributed by atoms with E-state index in [1.807, 2.05) is 0 Å². The molecular weight excluding hydrogens is 245 g/mol. The Labute approximate surface area is 102 Å². The molecule has 0 atom stereocenters. The first kappa shape index (κ1) is 12.9. The van der Waals surface area contributed by atoms with Crippen LogP contribution in [-0.2, 0) is 11.0 Å². The highest BCUT2D eigenvalue weighted by Gasteiger charge is 2.33. The van der Waals surface area contributed by atoms with Crippen molar-refractivity contribution in [1.29, 1.82) is 0 Å². The van der Waals surface area contributed by atoms with Crippen LogP contribution in [0.25, 0.3) is 0 Å². The molecule has 1 aliphatic carbocycles. The van der Waals surface area contributed by atoms with Crippen LogP contribution in [0.2, 0.25) is 0 Å². The van der Waals surface area contributed by atoms with E-state index in [2.05, 4.69) is 4.98 Å². The molecular formula is C12H13F3N2O. The number of alkyl halides is 3. The van der Waals surface area contributed by atoms with Gasteiger partial charge in [0, 0.05) is 12.8 Å². The van der Waals surface area contributed by atoms with Gasteiger partial charge in [-0.05, 0) is 30.4 Å². The lowest BCUT2D eigenvalue weighted by atomic mass is 9.83. The van der Waals surface area contributed by atoms with Crippen molar-refractivity contribution in [2.75, 3.05) is 5.73 Å². The van der Waals surface area contributed by atoms with Crippen molar-refractivity contribution in [3.05, 3.63) is 23.4 Å². The van der Waals surface area contributed by atoms with Crippen LogP contribution in [0.5, 0.6) is 0 Å². The van der Waals surface area contributed by atoms with E-state index in [-0.39, 0.29) is 17.5 Å². The van der Waals surface area contributed by atoms with E-state index in [1.54, 1.807) is 0 Å². The van der Waals surface area contributed by atoms with Crippen LogP contribution in [0.15, 0.2) is 12.1 Å². The molecule has 0 aliphatic heterocycles. The molecule has 0 spiro atoms. The van der Waals surface area contributed by atoms with Gasteiger partial charge in [0.25, 0.3) is 0 Å². The minimum absolute atomic E-state index is 0.0393. The summed E-state index contributed by atoms with van der Waals surface area (Å²) in [5, 5.41) is 0. The van der Waals surface area contributed by atoms with Crippen molar-refractivity contribution in [3.8, 4) is 0 Å². The van der Waals surface area contributed by atoms with Crippen LogP contribution in [0, 0.1) is 0 Å². The van der Waals surface area contributed by atoms with Gasteiger partial charge in [0.2, 0.25) is 0 Å². The van der Waals surface area contributed by atoms with Gasteiger partial charge in [-0.15, -0.1) is 0 Å². The second kappa shape index (κ2) is 4.59. The Bertz CT molecular complexity index is 461. The number of carbonyl (C=O) groups is 1. The lowest BCUT2D eigenvalue weighted by molar-refractivity contribution is -0.141. The largest absolute Gasteiger partial charge is 0.433 e. The molecule has 0 amide bonds. The number of hydrogen-bond acceptors (Lipinski definition) is 3. The van der Waals surface area contributed by atoms with Gasteiger partial charge in [0.15, 0.2) is 0 Å². The Kier molecular flexibility index (Phi) is 3.28. The minimum atomic E-state index is -4.48. The number of nitrogen functional groups attached to an aromatic ring is 1. The smallest absolute Gasteiger partial charge is 0.383 e. The number of carbonyl (C=O) groups excluding carboxylic acids is 1. The molecule has 1 aliphatic rings. The number of nitrogens with zero attached hydrogens (tertiary/aromatic N) is 1. The number of anilines is 1. The van der Waals surface area contributed by atoms with Crippen molar-refractivity contribution in [2.24, 2.45) is 0 Å². The van der Waals surface area contributed by atoms with Crippen LogP contribution < -0.4 is 5.73 Å². The summed E-state index contributed by atoms with van der Waals surface area (Å²) in [6.07, 6.45) is -2.28. The Hall–Kier alpha value is -1.59. The highest BCUT2D eigenvalue weighted by atomic mass is 19.4. The monoisotopic (exact) mass is 258 g/mol. The van der Waals surface area contributed by atoms with Crippen LogP contribution in [0.4, 0.5) is 19.0 Å². The van der Waals surface area contributed by atoms with Gasteiger partial charge >= 0.3 is 6.18 Å². The van der Waals surface area contributed by atoms with Crippen LogP contribution in [0.3, 0.4) is 0 Å². The number of hydrogen-bond donors (Lipinski definition) is 1. The van der Waals surface area contributed by atoms with E-state index >= 15 is 0 Å². The SMILES string of the molecule is Nc1nc(C(F)(F)F)ccc1C1CCC(=O)CC1. The molecule has 1 fully saturated rings. The number of rotatable bonds is 1. The maximum absolute atomic E-state index is 12.4. The first-order valence-corrected chi connectivity index (χ1v) is 5.73. The van der Waals surface area contributed by atoms with E-state index < -0.39 is 11.9 Å². The first-order valence-electron chi connectivity index (χ1n) is 5.73. The number of halogens is 3. The van der Waals surface area contributed by atoms with Crippen molar-refractivity contribution in [2.45, 2.75) is 37.8 Å². The van der Waals surface area contributed by atoms with Gasteiger partial charge in [-0.25, -0.2) is 4.98 Å². The van der Waals surface area contributed by atoms with Crippen molar-refractivity contribution in [1.82, 2.24) is 4.98 Å². The zero-order valence-electron chi connectivity index (χ0n) is 9.63. The lowest BCUT2D eigenvalue weighted by Gasteiger charge is -2.22. The fourth-order valence-electron chi connectivity index (χ4n) is 2.24. The Balaban J connectivity index is 2.22. The Morgan fingerprint density at radius 3 is 2.33 bits per heavy atom. The molecule has 0 unspecified atom stereocenters. The van der Waals surface area contributed by atoms with Gasteiger partial charge in [-0.1, -0.05) is 6.07 Å². The van der Waals surface area contributed by atoms with Gasteiger partial charge in [0.05, 0.1) is 0 Å². The summed E-state index contributed by atoms with van der Waals surface area (Å²) >= 11 is 0. The molecule has 1 aromatic rings. The van der Waals surface area contributed by atoms with Gasteiger partial charge in [0.1, 0.15) is 17.3 Å². The van der Waals surface area contributed by atoms with Crippen molar-refractivity contribution < 1.29 is 18.0 Å². The number of ketones is 1. The molecule has 3 nitrogen and oxygen atoms in total. The molecule has 6 heteroatoms. The lowest BCUT2D eigenvalue weighted by Crippen LogP contribution is -2.16. The van der Waals surface area contributed by atoms with Crippen molar-refractivity contribution in [3.63, 3.8) is 0 Å². The van der Waals surface area contributed by atoms with Crippen LogP contribution in [-0.4, -0.2) is 10.8 Å². The number of aromatic nitrogens is 1. The second-order valence-corrected chi connectivity index (χ2v) is 4.48. The molecule has 1 saturated carbocycles. The molecule has 0 aromatic carbocycles. The van der Waals surface area contributed by atoms with E-state index in [0.29, 0.717) is 31.2 Å². The summed E-state index contributed by atoms with van der Waals surface area (Å²) in [4.78, 5) is 14.5. The highest BCUT2D eigenvalue weighted by Crippen LogP contribution is 2.35. The molecule has 0 radical (unpaired) electrons. The van der Waals surface area contributed by atoms with E-state index in [4.69, 9.17) is 5.73 Å². The normalized spacial score (nSPS) is 18.1. The van der Waals surface area contributed by atoms with Crippen molar-refractivity contribution >= 4 is 11.6 Å². The number of pyridine rings is 1. The fraction of sp³-hybridized carbons (Fsp3) is 0.500. The molecule has 0 saturated heterocycles. The molecule has 2 rings (SSSR count). The third-order valence-electron chi connectivity index (χ3n) is 3.23. The summed E-state index contributed by atoms with van der Waals surface area (Å²) in [5.74, 6) is 0.159. The summed E-state index contributed by atoms with van der Waals surface area (Å²) in [7, 11) is 0. The molecule has 18 heavy (non-hydrogen) atoms. The summed E-state index contributed by atoms with van der Waals surface area (Å²) in [6, 6.07) is 2.33. The maximum atomic E-state index is 12.4. The summed E-state index contributed by atoms with van der Waals surface area (Å²) < 4.78 is 37.3. The number of nitrogens with two attached hydrogens (primary N) is 1. The van der Waals surface area contributed by atoms with Crippen LogP contribution >= 0.6 is 0 Å². The summed E-state index contributed by atoms with van der Waals surface area (Å²) in [5.41, 5.74) is 5.23. The summed E-state index contributed by atoms with van der Waals surface area (Å²) in [6.45, 7) is 0. The zero-order chi connectivity index (χ0) is 13.3. The topological polar surface area (TPSA) is 56.0 Å². The third kappa shape index (κ3) is 2.63. The molecule has 1 heterocycles. The highest BCUT2D eigenvalue weighted by molar-refractivity contribution is 5.79. The van der Waals surface area contributed by atoms with E-state index in [1.165, 1.54) is 6.07 Å². The van der Waals surface area contributed by atoms with E-state index in [9.17, 15) is 18.0 Å². The van der Waals surface area contributed by atoms with Gasteiger partial charge in [-0.2, -0.15) is 13.2 Å². The fourth-order valence-corrected chi connectivity index (χ4v) is 2.24. The zero-order valence-corrected chi connectivity index (χ0v) is 9.63. The number of Topliss-reactive ketones (excluding diaryl/α,β-unsaturated/α-hetero) is 1. The average Bonchev–Trinajstić information content (AvgIpc) is 2.29. The average molecular weight is 258 g/mol. The Morgan fingerprint density at radius 1 is 1.22 bits per heavy atom. The van der Waals surface area contributed by atoms with Gasteiger partial charge < -0.3 is 5.73 Å². The molecule has 1 aromatic heterocycles. The molecule has 2 N–H and O–H groups in total. The standard InChI is InChI=1S/C12H13F3N2O/c13-12(14,15)10-6-5-9(11(16)17-10)7-1-3-8(18)4-2-7/h5-7H,1-4H2,(H2,16,17). The second-order valence-electron chi connectivity index (χ2n) is 4.48. The minimum Gasteiger partial charge on any atom is -0.383 e.